The average Bonchev–Trinajstić information content (AvgIpc) is 1.96. The van der Waals surface area contributed by atoms with E-state index in [1.807, 2.05) is 0 Å². The first-order valence-corrected chi connectivity index (χ1v) is 3.35. The Labute approximate surface area is 67.8 Å². The maximum Gasteiger partial charge on any atom is 0.330 e. The summed E-state index contributed by atoms with van der Waals surface area (Å²) in [6, 6.07) is 0. The van der Waals surface area contributed by atoms with Crippen LogP contribution < -0.4 is 22.7 Å². The van der Waals surface area contributed by atoms with Crippen molar-refractivity contribution < 1.29 is 0 Å². The van der Waals surface area contributed by atoms with Gasteiger partial charge in [-0.25, -0.2) is 4.79 Å². The van der Waals surface area contributed by atoms with Gasteiger partial charge in [-0.05, 0) is 6.92 Å². The minimum absolute atomic E-state index is 0.399. The van der Waals surface area contributed by atoms with Crippen molar-refractivity contribution in [2.75, 3.05) is 0 Å². The molecule has 0 saturated carbocycles. The second-order valence-corrected chi connectivity index (χ2v) is 2.47. The van der Waals surface area contributed by atoms with E-state index in [9.17, 15) is 9.59 Å². The molecule has 1 aromatic heterocycles. The maximum absolute atomic E-state index is 11.0. The summed E-state index contributed by atoms with van der Waals surface area (Å²) in [5, 5.41) is 0. The molecule has 1 aromatic rings. The number of aryl methyl sites for hydroxylation is 1. The number of hydrogen-bond acceptors (Lipinski definition) is 4. The molecule has 0 spiro atoms. The molecular weight excluding hydrogens is 160 g/mol. The predicted molar refractivity (Wildman–Crippen MR) is 43.5 cm³/mol. The molecule has 5 N–H and O–H groups in total. The van der Waals surface area contributed by atoms with Gasteiger partial charge in [0.25, 0.3) is 5.56 Å². The Bertz CT molecular complexity index is 389. The van der Waals surface area contributed by atoms with E-state index >= 15 is 0 Å². The van der Waals surface area contributed by atoms with E-state index < -0.39 is 17.5 Å². The molecule has 0 atom stereocenters. The lowest BCUT2D eigenvalue weighted by atomic mass is 10.4. The highest BCUT2D eigenvalue weighted by atomic mass is 16.2. The van der Waals surface area contributed by atoms with Crippen molar-refractivity contribution in [1.29, 1.82) is 0 Å². The second kappa shape index (κ2) is 2.92. The van der Waals surface area contributed by atoms with Crippen molar-refractivity contribution in [3.63, 3.8) is 0 Å². The van der Waals surface area contributed by atoms with Crippen LogP contribution in [0.5, 0.6) is 0 Å². The lowest BCUT2D eigenvalue weighted by Crippen LogP contribution is -2.40. The zero-order chi connectivity index (χ0) is 9.30. The van der Waals surface area contributed by atoms with Crippen molar-refractivity contribution in [2.24, 2.45) is 11.5 Å². The number of nitrogens with one attached hydrogen (secondary N) is 1. The summed E-state index contributed by atoms with van der Waals surface area (Å²) in [7, 11) is 0. The minimum atomic E-state index is -0.923. The van der Waals surface area contributed by atoms with Gasteiger partial charge in [-0.15, -0.1) is 0 Å². The van der Waals surface area contributed by atoms with Crippen LogP contribution in [0.3, 0.4) is 0 Å². The molecule has 0 unspecified atom stereocenters. The first kappa shape index (κ1) is 8.69. The Morgan fingerprint density at radius 3 is 2.58 bits per heavy atom. The van der Waals surface area contributed by atoms with Crippen LogP contribution in [0.15, 0.2) is 15.8 Å². The standard InChI is InChI=1S/C6H10N4O2/c1-3-2-10(5(7)8)6(12)9-4(3)11/h2,5H,7-8H2,1H3,(H,9,11,12). The van der Waals surface area contributed by atoms with Gasteiger partial charge < -0.3 is 0 Å². The van der Waals surface area contributed by atoms with Gasteiger partial charge in [0.1, 0.15) is 6.29 Å². The molecule has 1 rings (SSSR count). The Kier molecular flexibility index (Phi) is 2.11. The third-order valence-corrected chi connectivity index (χ3v) is 1.47. The predicted octanol–water partition coefficient (Wildman–Crippen LogP) is -1.78. The summed E-state index contributed by atoms with van der Waals surface area (Å²) in [4.78, 5) is 23.9. The van der Waals surface area contributed by atoms with Gasteiger partial charge in [-0.1, -0.05) is 0 Å². The maximum atomic E-state index is 11.0. The van der Waals surface area contributed by atoms with Gasteiger partial charge in [-0.2, -0.15) is 0 Å². The van der Waals surface area contributed by atoms with Gasteiger partial charge in [0.05, 0.1) is 0 Å². The lowest BCUT2D eigenvalue weighted by Gasteiger charge is -2.08. The topological polar surface area (TPSA) is 107 Å². The van der Waals surface area contributed by atoms with E-state index in [1.165, 1.54) is 6.20 Å². The highest BCUT2D eigenvalue weighted by Crippen LogP contribution is 1.85. The van der Waals surface area contributed by atoms with Crippen LogP contribution in [0.2, 0.25) is 0 Å². The van der Waals surface area contributed by atoms with E-state index in [-0.39, 0.29) is 0 Å². The van der Waals surface area contributed by atoms with Crippen molar-refractivity contribution in [1.82, 2.24) is 9.55 Å². The normalized spacial score (nSPS) is 10.7. The Balaban J connectivity index is 3.44. The molecule has 0 amide bonds. The fraction of sp³-hybridized carbons (Fsp3) is 0.333. The number of aromatic nitrogens is 2. The summed E-state index contributed by atoms with van der Waals surface area (Å²) < 4.78 is 1.05. The first-order chi connectivity index (χ1) is 5.52. The Morgan fingerprint density at radius 1 is 1.50 bits per heavy atom. The van der Waals surface area contributed by atoms with Crippen LogP contribution in [0, 0.1) is 6.92 Å². The minimum Gasteiger partial charge on any atom is -0.299 e. The molecule has 6 heteroatoms. The molecule has 1 heterocycles. The third kappa shape index (κ3) is 1.44. The molecule has 0 fully saturated rings. The van der Waals surface area contributed by atoms with E-state index in [4.69, 9.17) is 11.5 Å². The smallest absolute Gasteiger partial charge is 0.299 e. The van der Waals surface area contributed by atoms with Gasteiger partial charge >= 0.3 is 5.69 Å². The van der Waals surface area contributed by atoms with Gasteiger partial charge in [0, 0.05) is 11.8 Å². The highest BCUT2D eigenvalue weighted by Gasteiger charge is 2.03. The lowest BCUT2D eigenvalue weighted by molar-refractivity contribution is 0.510. The molecule has 0 bridgehead atoms. The Morgan fingerprint density at radius 2 is 2.08 bits per heavy atom. The summed E-state index contributed by atoms with van der Waals surface area (Å²) in [5.41, 5.74) is 9.89. The zero-order valence-corrected chi connectivity index (χ0v) is 6.57. The van der Waals surface area contributed by atoms with Gasteiger partial charge in [0.15, 0.2) is 0 Å². The van der Waals surface area contributed by atoms with E-state index in [0.717, 1.165) is 4.57 Å². The number of nitrogens with zero attached hydrogens (tertiary/aromatic N) is 1. The van der Waals surface area contributed by atoms with Gasteiger partial charge in [0.2, 0.25) is 0 Å². The van der Waals surface area contributed by atoms with Crippen molar-refractivity contribution >= 4 is 0 Å². The summed E-state index contributed by atoms with van der Waals surface area (Å²) in [5.74, 6) is 0. The van der Waals surface area contributed by atoms with E-state index in [2.05, 4.69) is 4.98 Å². The fourth-order valence-corrected chi connectivity index (χ4v) is 0.808. The molecule has 0 aliphatic heterocycles. The Hall–Kier alpha value is -1.40. The fourth-order valence-electron chi connectivity index (χ4n) is 0.808. The van der Waals surface area contributed by atoms with E-state index in [0.29, 0.717) is 5.56 Å². The van der Waals surface area contributed by atoms with E-state index in [1.54, 1.807) is 6.92 Å². The molecule has 0 radical (unpaired) electrons. The summed E-state index contributed by atoms with van der Waals surface area (Å²) in [6.45, 7) is 1.57. The number of nitrogens with two attached hydrogens (primary N) is 2. The SMILES string of the molecule is Cc1cn(C(N)N)c(=O)[nH]c1=O. The molecular formula is C6H10N4O2. The van der Waals surface area contributed by atoms with Crippen molar-refractivity contribution in [3.05, 3.63) is 32.6 Å². The molecule has 0 aliphatic rings. The third-order valence-electron chi connectivity index (χ3n) is 1.47. The van der Waals surface area contributed by atoms with Crippen LogP contribution in [-0.4, -0.2) is 9.55 Å². The van der Waals surface area contributed by atoms with Crippen LogP contribution in [0.1, 0.15) is 11.9 Å². The number of H-pyrrole nitrogens is 1. The quantitative estimate of drug-likeness (QED) is 0.433. The zero-order valence-electron chi connectivity index (χ0n) is 6.57. The molecule has 6 nitrogen and oxygen atoms in total. The molecule has 0 saturated heterocycles. The summed E-state index contributed by atoms with van der Waals surface area (Å²) in [6.07, 6.45) is 0.402. The summed E-state index contributed by atoms with van der Waals surface area (Å²) >= 11 is 0. The van der Waals surface area contributed by atoms with Crippen LogP contribution in [0.25, 0.3) is 0 Å². The molecule has 66 valence electrons. The first-order valence-electron chi connectivity index (χ1n) is 3.35. The molecule has 0 aromatic carbocycles. The van der Waals surface area contributed by atoms with Crippen LogP contribution in [-0.2, 0) is 0 Å². The largest absolute Gasteiger partial charge is 0.330 e. The van der Waals surface area contributed by atoms with Crippen LogP contribution >= 0.6 is 0 Å². The highest BCUT2D eigenvalue weighted by molar-refractivity contribution is 5.01. The molecule has 12 heavy (non-hydrogen) atoms. The van der Waals surface area contributed by atoms with Crippen LogP contribution in [0.4, 0.5) is 0 Å². The number of aromatic amines is 1. The van der Waals surface area contributed by atoms with Crippen molar-refractivity contribution in [3.8, 4) is 0 Å². The molecule has 0 aliphatic carbocycles. The van der Waals surface area contributed by atoms with Gasteiger partial charge in [-0.3, -0.25) is 25.8 Å². The number of rotatable bonds is 1. The average molecular weight is 170 g/mol. The second-order valence-electron chi connectivity index (χ2n) is 2.47. The number of hydrogen-bond donors (Lipinski definition) is 3. The monoisotopic (exact) mass is 170 g/mol. The van der Waals surface area contributed by atoms with Crippen molar-refractivity contribution in [2.45, 2.75) is 13.2 Å².